The fourth-order valence-electron chi connectivity index (χ4n) is 3.04. The van der Waals surface area contributed by atoms with Gasteiger partial charge < -0.3 is 14.1 Å². The lowest BCUT2D eigenvalue weighted by Crippen LogP contribution is -2.31. The number of aryl methyl sites for hydroxylation is 3. The molecule has 0 atom stereocenters. The third-order valence-electron chi connectivity index (χ3n) is 4.76. The Kier molecular flexibility index (Phi) is 5.31. The zero-order valence-electron chi connectivity index (χ0n) is 16.0. The first-order valence-corrected chi connectivity index (χ1v) is 8.82. The van der Waals surface area contributed by atoms with Crippen LogP contribution in [0.15, 0.2) is 51.7 Å². The van der Waals surface area contributed by atoms with E-state index in [9.17, 15) is 9.59 Å². The topological polar surface area (TPSA) is 59.8 Å². The first-order valence-electron chi connectivity index (χ1n) is 8.82. The molecule has 0 aliphatic rings. The van der Waals surface area contributed by atoms with Crippen molar-refractivity contribution < 1.29 is 13.9 Å². The average Bonchev–Trinajstić information content (AvgIpc) is 2.63. The van der Waals surface area contributed by atoms with Gasteiger partial charge in [0.2, 0.25) is 0 Å². The van der Waals surface area contributed by atoms with Crippen LogP contribution in [0.25, 0.3) is 11.0 Å². The monoisotopic (exact) mass is 365 g/mol. The SMILES string of the molecule is Cc1ccccc1CN(C)C(=O)COc1ccc2c(C)cc(=O)oc2c1C. The number of benzene rings is 2. The molecule has 3 aromatic rings. The number of amides is 1. The number of rotatable bonds is 5. The Labute approximate surface area is 158 Å². The fraction of sp³-hybridized carbons (Fsp3) is 0.273. The maximum absolute atomic E-state index is 12.4. The van der Waals surface area contributed by atoms with Gasteiger partial charge in [0.25, 0.3) is 5.91 Å². The van der Waals surface area contributed by atoms with Crippen molar-refractivity contribution in [1.29, 1.82) is 0 Å². The first kappa shape index (κ1) is 18.7. The Morgan fingerprint density at radius 2 is 1.81 bits per heavy atom. The first-order chi connectivity index (χ1) is 12.9. The van der Waals surface area contributed by atoms with Crippen LogP contribution in [0.2, 0.25) is 0 Å². The Balaban J connectivity index is 1.72. The summed E-state index contributed by atoms with van der Waals surface area (Å²) in [5, 5.41) is 0.863. The number of hydrogen-bond acceptors (Lipinski definition) is 4. The van der Waals surface area contributed by atoms with Crippen molar-refractivity contribution in [2.75, 3.05) is 13.7 Å². The Hall–Kier alpha value is -3.08. The van der Waals surface area contributed by atoms with Crippen LogP contribution in [0.5, 0.6) is 5.75 Å². The zero-order valence-corrected chi connectivity index (χ0v) is 16.0. The molecule has 140 valence electrons. The van der Waals surface area contributed by atoms with Crippen LogP contribution in [-0.4, -0.2) is 24.5 Å². The number of carbonyl (C=O) groups is 1. The largest absolute Gasteiger partial charge is 0.483 e. The lowest BCUT2D eigenvalue weighted by Gasteiger charge is -2.19. The van der Waals surface area contributed by atoms with E-state index >= 15 is 0 Å². The Morgan fingerprint density at radius 1 is 1.07 bits per heavy atom. The third-order valence-corrected chi connectivity index (χ3v) is 4.76. The number of fused-ring (bicyclic) bond motifs is 1. The zero-order chi connectivity index (χ0) is 19.6. The molecule has 0 saturated heterocycles. The summed E-state index contributed by atoms with van der Waals surface area (Å²) in [6.45, 7) is 6.16. The van der Waals surface area contributed by atoms with Gasteiger partial charge in [-0.2, -0.15) is 0 Å². The number of hydrogen-bond donors (Lipinski definition) is 0. The van der Waals surface area contributed by atoms with Gasteiger partial charge in [-0.25, -0.2) is 4.79 Å². The number of carbonyl (C=O) groups excluding carboxylic acids is 1. The van der Waals surface area contributed by atoms with Gasteiger partial charge >= 0.3 is 5.63 Å². The molecule has 0 spiro atoms. The molecule has 1 amide bonds. The highest BCUT2D eigenvalue weighted by Gasteiger charge is 2.14. The van der Waals surface area contributed by atoms with E-state index in [1.54, 1.807) is 18.0 Å². The molecule has 2 aromatic carbocycles. The molecule has 1 aromatic heterocycles. The molecule has 3 rings (SSSR count). The van der Waals surface area contributed by atoms with Crippen molar-refractivity contribution in [2.45, 2.75) is 27.3 Å². The van der Waals surface area contributed by atoms with Crippen molar-refractivity contribution in [3.8, 4) is 5.75 Å². The summed E-state index contributed by atoms with van der Waals surface area (Å²) in [7, 11) is 1.76. The molecule has 0 fully saturated rings. The van der Waals surface area contributed by atoms with Crippen LogP contribution in [-0.2, 0) is 11.3 Å². The summed E-state index contributed by atoms with van der Waals surface area (Å²) in [6.07, 6.45) is 0. The summed E-state index contributed by atoms with van der Waals surface area (Å²) >= 11 is 0. The molecule has 0 bridgehead atoms. The number of nitrogens with zero attached hydrogens (tertiary/aromatic N) is 1. The van der Waals surface area contributed by atoms with Gasteiger partial charge in [-0.05, 0) is 49.6 Å². The van der Waals surface area contributed by atoms with Gasteiger partial charge in [-0.3, -0.25) is 4.79 Å². The number of ether oxygens (including phenoxy) is 1. The van der Waals surface area contributed by atoms with E-state index < -0.39 is 5.63 Å². The van der Waals surface area contributed by atoms with E-state index in [1.807, 2.05) is 51.1 Å². The fourth-order valence-corrected chi connectivity index (χ4v) is 3.04. The molecule has 0 saturated carbocycles. The minimum atomic E-state index is -0.394. The molecule has 0 aliphatic carbocycles. The van der Waals surface area contributed by atoms with Crippen LogP contribution in [0, 0.1) is 20.8 Å². The number of likely N-dealkylation sites (N-methyl/N-ethyl adjacent to an activating group) is 1. The van der Waals surface area contributed by atoms with Crippen LogP contribution < -0.4 is 10.4 Å². The van der Waals surface area contributed by atoms with Gasteiger partial charge in [-0.1, -0.05) is 24.3 Å². The quantitative estimate of drug-likeness (QED) is 0.646. The smallest absolute Gasteiger partial charge is 0.336 e. The minimum absolute atomic E-state index is 0.0786. The van der Waals surface area contributed by atoms with Gasteiger partial charge in [0.15, 0.2) is 6.61 Å². The molecule has 27 heavy (non-hydrogen) atoms. The molecule has 5 nitrogen and oxygen atoms in total. The highest BCUT2D eigenvalue weighted by Crippen LogP contribution is 2.28. The summed E-state index contributed by atoms with van der Waals surface area (Å²) in [6, 6.07) is 13.1. The van der Waals surface area contributed by atoms with Crippen molar-refractivity contribution in [3.05, 3.63) is 75.1 Å². The Morgan fingerprint density at radius 3 is 2.56 bits per heavy atom. The average molecular weight is 365 g/mol. The second-order valence-electron chi connectivity index (χ2n) is 6.78. The molecule has 0 unspecified atom stereocenters. The van der Waals surface area contributed by atoms with Crippen LogP contribution in [0.3, 0.4) is 0 Å². The second-order valence-corrected chi connectivity index (χ2v) is 6.78. The highest BCUT2D eigenvalue weighted by atomic mass is 16.5. The molecule has 0 N–H and O–H groups in total. The molecule has 5 heteroatoms. The van der Waals surface area contributed by atoms with E-state index in [0.29, 0.717) is 23.4 Å². The molecule has 0 radical (unpaired) electrons. The normalized spacial score (nSPS) is 10.8. The lowest BCUT2D eigenvalue weighted by molar-refractivity contribution is -0.132. The summed E-state index contributed by atoms with van der Waals surface area (Å²) in [4.78, 5) is 25.7. The van der Waals surface area contributed by atoms with Crippen molar-refractivity contribution in [2.24, 2.45) is 0 Å². The predicted molar refractivity (Wildman–Crippen MR) is 105 cm³/mol. The van der Waals surface area contributed by atoms with Gasteiger partial charge in [0.05, 0.1) is 0 Å². The van der Waals surface area contributed by atoms with E-state index in [2.05, 4.69) is 0 Å². The third kappa shape index (κ3) is 4.03. The minimum Gasteiger partial charge on any atom is -0.483 e. The summed E-state index contributed by atoms with van der Waals surface area (Å²) in [5.74, 6) is 0.414. The summed E-state index contributed by atoms with van der Waals surface area (Å²) < 4.78 is 11.1. The standard InChI is InChI=1S/C22H23NO4/c1-14-7-5-6-8-17(14)12-23(4)20(24)13-26-19-10-9-18-15(2)11-21(25)27-22(18)16(19)3/h5-11H,12-13H2,1-4H3. The second kappa shape index (κ2) is 7.66. The van der Waals surface area contributed by atoms with Gasteiger partial charge in [-0.15, -0.1) is 0 Å². The van der Waals surface area contributed by atoms with Crippen molar-refractivity contribution in [1.82, 2.24) is 4.90 Å². The maximum atomic E-state index is 12.4. The van der Waals surface area contributed by atoms with Gasteiger partial charge in [0, 0.05) is 30.6 Å². The lowest BCUT2D eigenvalue weighted by atomic mass is 10.1. The molecular formula is C22H23NO4. The van der Waals surface area contributed by atoms with E-state index in [1.165, 1.54) is 6.07 Å². The van der Waals surface area contributed by atoms with E-state index in [0.717, 1.165) is 22.1 Å². The van der Waals surface area contributed by atoms with Crippen molar-refractivity contribution in [3.63, 3.8) is 0 Å². The van der Waals surface area contributed by atoms with Gasteiger partial charge in [0.1, 0.15) is 11.3 Å². The molecular weight excluding hydrogens is 342 g/mol. The maximum Gasteiger partial charge on any atom is 0.336 e. The van der Waals surface area contributed by atoms with Crippen molar-refractivity contribution >= 4 is 16.9 Å². The predicted octanol–water partition coefficient (Wildman–Crippen LogP) is 3.76. The van der Waals surface area contributed by atoms with E-state index in [-0.39, 0.29) is 12.5 Å². The van der Waals surface area contributed by atoms with Crippen LogP contribution >= 0.6 is 0 Å². The summed E-state index contributed by atoms with van der Waals surface area (Å²) in [5.41, 5.74) is 3.92. The highest BCUT2D eigenvalue weighted by molar-refractivity contribution is 5.85. The Bertz CT molecular complexity index is 1050. The van der Waals surface area contributed by atoms with Crippen LogP contribution in [0.4, 0.5) is 0 Å². The molecule has 0 aliphatic heterocycles. The molecule has 1 heterocycles. The van der Waals surface area contributed by atoms with Crippen LogP contribution in [0.1, 0.15) is 22.3 Å². The van der Waals surface area contributed by atoms with E-state index in [4.69, 9.17) is 9.15 Å².